The fraction of sp³-hybridized carbons (Fsp3) is 0.364. The van der Waals surface area contributed by atoms with Gasteiger partial charge in [-0.15, -0.1) is 0 Å². The van der Waals surface area contributed by atoms with Crippen molar-refractivity contribution in [1.82, 2.24) is 0 Å². The molecular formula is C22H28N2O. The molecule has 0 heterocycles. The average molecular weight is 336 g/mol. The van der Waals surface area contributed by atoms with Gasteiger partial charge in [-0.3, -0.25) is 9.79 Å². The van der Waals surface area contributed by atoms with Gasteiger partial charge < -0.3 is 5.73 Å². The van der Waals surface area contributed by atoms with Gasteiger partial charge in [-0.25, -0.2) is 0 Å². The lowest BCUT2D eigenvalue weighted by Gasteiger charge is -2.18. The van der Waals surface area contributed by atoms with Crippen molar-refractivity contribution in [2.24, 2.45) is 10.7 Å². The smallest absolute Gasteiger partial charge is 0.155 e. The summed E-state index contributed by atoms with van der Waals surface area (Å²) in [6.45, 7) is 8.23. The van der Waals surface area contributed by atoms with Gasteiger partial charge >= 0.3 is 0 Å². The molecule has 0 radical (unpaired) electrons. The lowest BCUT2D eigenvalue weighted by molar-refractivity contribution is -0.117. The van der Waals surface area contributed by atoms with Crippen molar-refractivity contribution in [3.05, 3.63) is 70.8 Å². The van der Waals surface area contributed by atoms with Crippen LogP contribution in [-0.4, -0.2) is 24.1 Å². The molecular weight excluding hydrogens is 308 g/mol. The molecule has 2 aromatic rings. The van der Waals surface area contributed by atoms with Crippen LogP contribution in [0.25, 0.3) is 0 Å². The minimum Gasteiger partial charge on any atom is -0.328 e. The average Bonchev–Trinajstić information content (AvgIpc) is 2.63. The van der Waals surface area contributed by atoms with E-state index in [2.05, 4.69) is 63.2 Å². The van der Waals surface area contributed by atoms with Crippen LogP contribution in [0, 0.1) is 6.92 Å². The summed E-state index contributed by atoms with van der Waals surface area (Å²) in [5.41, 5.74) is 11.2. The molecule has 0 spiro atoms. The first-order chi connectivity index (χ1) is 12.0. The number of benzene rings is 2. The van der Waals surface area contributed by atoms with E-state index in [1.807, 2.05) is 6.07 Å². The second-order valence-corrected chi connectivity index (χ2v) is 6.60. The molecule has 0 bridgehead atoms. The largest absolute Gasteiger partial charge is 0.328 e. The van der Waals surface area contributed by atoms with Crippen molar-refractivity contribution in [1.29, 1.82) is 0 Å². The van der Waals surface area contributed by atoms with E-state index < -0.39 is 6.04 Å². The number of aliphatic imine (C=N–C) groups is 1. The zero-order valence-corrected chi connectivity index (χ0v) is 15.6. The highest BCUT2D eigenvalue weighted by Gasteiger charge is 2.18. The quantitative estimate of drug-likeness (QED) is 0.768. The van der Waals surface area contributed by atoms with Crippen LogP contribution in [0.4, 0.5) is 0 Å². The summed E-state index contributed by atoms with van der Waals surface area (Å²) in [5.74, 6) is 0.411. The number of aryl methyl sites for hydroxylation is 1. The molecule has 2 aromatic carbocycles. The van der Waals surface area contributed by atoms with Gasteiger partial charge in [-0.1, -0.05) is 67.9 Å². The lowest BCUT2D eigenvalue weighted by atomic mass is 9.89. The van der Waals surface area contributed by atoms with Crippen molar-refractivity contribution < 1.29 is 4.79 Å². The second kappa shape index (κ2) is 8.72. The summed E-state index contributed by atoms with van der Waals surface area (Å²) < 4.78 is 0. The number of nitrogens with two attached hydrogens (primary N) is 1. The van der Waals surface area contributed by atoms with Crippen LogP contribution in [-0.2, 0) is 4.79 Å². The lowest BCUT2D eigenvalue weighted by Crippen LogP contribution is -2.27. The van der Waals surface area contributed by atoms with Crippen molar-refractivity contribution >= 4 is 11.5 Å². The van der Waals surface area contributed by atoms with Crippen molar-refractivity contribution in [2.75, 3.05) is 6.54 Å². The molecule has 0 saturated heterocycles. The Morgan fingerprint density at radius 1 is 1.12 bits per heavy atom. The molecule has 0 aliphatic rings. The number of Topliss-reactive ketones (excluding diaryl/α,β-unsaturated/α-hetero) is 1. The highest BCUT2D eigenvalue weighted by molar-refractivity contribution is 6.14. The Morgan fingerprint density at radius 2 is 1.76 bits per heavy atom. The van der Waals surface area contributed by atoms with E-state index in [9.17, 15) is 4.79 Å². The van der Waals surface area contributed by atoms with Gasteiger partial charge in [0.2, 0.25) is 0 Å². The molecule has 132 valence electrons. The van der Waals surface area contributed by atoms with Crippen LogP contribution in [0.5, 0.6) is 0 Å². The van der Waals surface area contributed by atoms with E-state index in [0.29, 0.717) is 5.92 Å². The Morgan fingerprint density at radius 3 is 2.32 bits per heavy atom. The van der Waals surface area contributed by atoms with Crippen LogP contribution in [0.3, 0.4) is 0 Å². The second-order valence-electron chi connectivity index (χ2n) is 6.60. The van der Waals surface area contributed by atoms with Gasteiger partial charge in [-0.05, 0) is 31.7 Å². The summed E-state index contributed by atoms with van der Waals surface area (Å²) in [4.78, 5) is 16.7. The Kier molecular flexibility index (Phi) is 6.65. The van der Waals surface area contributed by atoms with E-state index >= 15 is 0 Å². The predicted octanol–water partition coefficient (Wildman–Crippen LogP) is 4.26. The Bertz CT molecular complexity index is 747. The first kappa shape index (κ1) is 19.1. The highest BCUT2D eigenvalue weighted by Crippen LogP contribution is 2.26. The number of rotatable bonds is 7. The van der Waals surface area contributed by atoms with Gasteiger partial charge in [0, 0.05) is 17.7 Å². The van der Waals surface area contributed by atoms with Crippen molar-refractivity contribution in [2.45, 2.75) is 46.1 Å². The maximum absolute atomic E-state index is 11.9. The van der Waals surface area contributed by atoms with Gasteiger partial charge in [0.15, 0.2) is 5.78 Å². The van der Waals surface area contributed by atoms with Gasteiger partial charge in [0.1, 0.15) is 6.04 Å². The molecule has 0 fully saturated rings. The molecule has 0 amide bonds. The Labute approximate surface area is 151 Å². The third-order valence-electron chi connectivity index (χ3n) is 4.66. The third-order valence-corrected chi connectivity index (χ3v) is 4.66. The zero-order chi connectivity index (χ0) is 18.4. The standard InChI is InChI=1S/C22H28N2O/c1-5-16(3)19-8-6-7-9-20(19)22(24-21(14-23)17(4)25)18-12-10-15(2)11-13-18/h6-13,16,21H,5,14,23H2,1-4H3/t16-,21?/m1/s1. The molecule has 0 saturated carbocycles. The molecule has 0 aliphatic carbocycles. The van der Waals surface area contributed by atoms with E-state index in [1.165, 1.54) is 11.1 Å². The molecule has 3 heteroatoms. The number of ketones is 1. The number of carbonyl (C=O) groups excluding carboxylic acids is 1. The summed E-state index contributed by atoms with van der Waals surface area (Å²) in [7, 11) is 0. The Hall–Kier alpha value is -2.26. The maximum Gasteiger partial charge on any atom is 0.155 e. The fourth-order valence-electron chi connectivity index (χ4n) is 2.84. The summed E-state index contributed by atoms with van der Waals surface area (Å²) >= 11 is 0. The molecule has 2 N–H and O–H groups in total. The van der Waals surface area contributed by atoms with Crippen LogP contribution in [0.2, 0.25) is 0 Å². The molecule has 0 aliphatic heterocycles. The normalized spacial score (nSPS) is 14.2. The van der Waals surface area contributed by atoms with Crippen molar-refractivity contribution in [3.63, 3.8) is 0 Å². The maximum atomic E-state index is 11.9. The SMILES string of the molecule is CC[C@@H](C)c1ccccc1C(=NC(CN)C(C)=O)c1ccc(C)cc1. The van der Waals surface area contributed by atoms with Crippen LogP contribution < -0.4 is 5.73 Å². The van der Waals surface area contributed by atoms with Gasteiger partial charge in [0.25, 0.3) is 0 Å². The molecule has 2 atom stereocenters. The molecule has 25 heavy (non-hydrogen) atoms. The fourth-order valence-corrected chi connectivity index (χ4v) is 2.84. The van der Waals surface area contributed by atoms with E-state index in [-0.39, 0.29) is 12.3 Å². The first-order valence-corrected chi connectivity index (χ1v) is 8.92. The minimum absolute atomic E-state index is 0.00636. The molecule has 0 aromatic heterocycles. The van der Waals surface area contributed by atoms with E-state index in [1.54, 1.807) is 6.92 Å². The number of nitrogens with zero attached hydrogens (tertiary/aromatic N) is 1. The topological polar surface area (TPSA) is 55.4 Å². The summed E-state index contributed by atoms with van der Waals surface area (Å²) in [6, 6.07) is 16.1. The summed E-state index contributed by atoms with van der Waals surface area (Å²) in [5, 5.41) is 0. The number of hydrogen-bond acceptors (Lipinski definition) is 3. The molecule has 3 nitrogen and oxygen atoms in total. The summed E-state index contributed by atoms with van der Waals surface area (Å²) in [6.07, 6.45) is 1.05. The zero-order valence-electron chi connectivity index (χ0n) is 15.6. The highest BCUT2D eigenvalue weighted by atomic mass is 16.1. The first-order valence-electron chi connectivity index (χ1n) is 8.92. The van der Waals surface area contributed by atoms with Gasteiger partial charge in [-0.2, -0.15) is 0 Å². The van der Waals surface area contributed by atoms with E-state index in [4.69, 9.17) is 10.7 Å². The van der Waals surface area contributed by atoms with Crippen LogP contribution in [0.15, 0.2) is 53.5 Å². The number of carbonyl (C=O) groups is 1. The van der Waals surface area contributed by atoms with Crippen LogP contribution >= 0.6 is 0 Å². The molecule has 2 rings (SSSR count). The van der Waals surface area contributed by atoms with Gasteiger partial charge in [0.05, 0.1) is 5.71 Å². The van der Waals surface area contributed by atoms with Crippen molar-refractivity contribution in [3.8, 4) is 0 Å². The van der Waals surface area contributed by atoms with E-state index in [0.717, 1.165) is 23.3 Å². The predicted molar refractivity (Wildman–Crippen MR) is 105 cm³/mol. The monoisotopic (exact) mass is 336 g/mol. The van der Waals surface area contributed by atoms with Crippen LogP contribution in [0.1, 0.15) is 55.4 Å². The minimum atomic E-state index is -0.513. The molecule has 1 unspecified atom stereocenters. The third kappa shape index (κ3) is 4.64. The Balaban J connectivity index is 2.66. The number of hydrogen-bond donors (Lipinski definition) is 1.